The molecular formula is C12H17N3O. The van der Waals surface area contributed by atoms with Crippen molar-refractivity contribution in [2.75, 3.05) is 14.1 Å². The number of benzene rings is 1. The Bertz CT molecular complexity index is 385. The average Bonchev–Trinajstić information content (AvgIpc) is 2.28. The SMILES string of the molecule is CC(N=C(N)c1ccccc1)C(=O)N(C)C. The molecule has 0 bridgehead atoms. The van der Waals surface area contributed by atoms with E-state index < -0.39 is 6.04 Å². The summed E-state index contributed by atoms with van der Waals surface area (Å²) in [6, 6.07) is 8.96. The minimum absolute atomic E-state index is 0.0566. The largest absolute Gasteiger partial charge is 0.383 e. The Labute approximate surface area is 95.8 Å². The molecule has 1 amide bonds. The number of nitrogens with two attached hydrogens (primary N) is 1. The van der Waals surface area contributed by atoms with E-state index in [1.165, 1.54) is 4.90 Å². The Morgan fingerprint density at radius 2 is 1.88 bits per heavy atom. The lowest BCUT2D eigenvalue weighted by molar-refractivity contribution is -0.129. The van der Waals surface area contributed by atoms with Gasteiger partial charge in [0.05, 0.1) is 0 Å². The van der Waals surface area contributed by atoms with Crippen LogP contribution in [0.15, 0.2) is 35.3 Å². The van der Waals surface area contributed by atoms with Gasteiger partial charge in [-0.2, -0.15) is 0 Å². The van der Waals surface area contributed by atoms with Crippen LogP contribution in [0.4, 0.5) is 0 Å². The molecule has 0 aliphatic rings. The molecule has 86 valence electrons. The molecule has 0 aliphatic heterocycles. The first-order chi connectivity index (χ1) is 7.52. The third-order valence-electron chi connectivity index (χ3n) is 2.20. The van der Waals surface area contributed by atoms with Crippen LogP contribution >= 0.6 is 0 Å². The van der Waals surface area contributed by atoms with Gasteiger partial charge in [0.25, 0.3) is 0 Å². The van der Waals surface area contributed by atoms with Gasteiger partial charge in [0.15, 0.2) is 0 Å². The standard InChI is InChI=1S/C12H17N3O/c1-9(12(16)15(2)3)14-11(13)10-7-5-4-6-8-10/h4-9H,1-3H3,(H2,13,14). The zero-order chi connectivity index (χ0) is 12.1. The van der Waals surface area contributed by atoms with E-state index in [0.29, 0.717) is 5.84 Å². The molecule has 2 N–H and O–H groups in total. The fourth-order valence-electron chi connectivity index (χ4n) is 1.32. The van der Waals surface area contributed by atoms with Gasteiger partial charge in [-0.3, -0.25) is 9.79 Å². The van der Waals surface area contributed by atoms with Gasteiger partial charge in [0.1, 0.15) is 11.9 Å². The summed E-state index contributed by atoms with van der Waals surface area (Å²) >= 11 is 0. The van der Waals surface area contributed by atoms with Crippen LogP contribution < -0.4 is 5.73 Å². The van der Waals surface area contributed by atoms with E-state index in [0.717, 1.165) is 5.56 Å². The molecule has 0 heterocycles. The summed E-state index contributed by atoms with van der Waals surface area (Å²) in [5.41, 5.74) is 6.65. The first kappa shape index (κ1) is 12.2. The third kappa shape index (κ3) is 3.08. The normalized spacial score (nSPS) is 13.3. The maximum absolute atomic E-state index is 11.6. The Balaban J connectivity index is 2.82. The molecule has 1 rings (SSSR count). The molecule has 1 aromatic rings. The molecule has 4 heteroatoms. The third-order valence-corrected chi connectivity index (χ3v) is 2.20. The lowest BCUT2D eigenvalue weighted by atomic mass is 10.2. The van der Waals surface area contributed by atoms with Gasteiger partial charge >= 0.3 is 0 Å². The van der Waals surface area contributed by atoms with Crippen molar-refractivity contribution in [3.8, 4) is 0 Å². The highest BCUT2D eigenvalue weighted by Gasteiger charge is 2.13. The van der Waals surface area contributed by atoms with Crippen molar-refractivity contribution in [3.63, 3.8) is 0 Å². The van der Waals surface area contributed by atoms with Crippen LogP contribution in [0.5, 0.6) is 0 Å². The van der Waals surface area contributed by atoms with E-state index in [-0.39, 0.29) is 5.91 Å². The van der Waals surface area contributed by atoms with E-state index in [2.05, 4.69) is 4.99 Å². The lowest BCUT2D eigenvalue weighted by Gasteiger charge is -2.14. The minimum Gasteiger partial charge on any atom is -0.383 e. The number of amidine groups is 1. The van der Waals surface area contributed by atoms with Gasteiger partial charge in [-0.1, -0.05) is 30.3 Å². The minimum atomic E-state index is -0.449. The van der Waals surface area contributed by atoms with Crippen molar-refractivity contribution in [2.45, 2.75) is 13.0 Å². The zero-order valence-electron chi connectivity index (χ0n) is 9.84. The molecule has 0 aromatic heterocycles. The Kier molecular flexibility index (Phi) is 4.05. The highest BCUT2D eigenvalue weighted by molar-refractivity contribution is 5.99. The van der Waals surface area contributed by atoms with Crippen molar-refractivity contribution in [1.29, 1.82) is 0 Å². The molecule has 0 radical (unpaired) electrons. The number of nitrogens with zero attached hydrogens (tertiary/aromatic N) is 2. The van der Waals surface area contributed by atoms with Gasteiger partial charge in [0, 0.05) is 19.7 Å². The van der Waals surface area contributed by atoms with Crippen LogP contribution in [0.25, 0.3) is 0 Å². The Hall–Kier alpha value is -1.84. The molecule has 1 atom stereocenters. The summed E-state index contributed by atoms with van der Waals surface area (Å²) in [7, 11) is 3.40. The van der Waals surface area contributed by atoms with Crippen LogP contribution in [0.2, 0.25) is 0 Å². The van der Waals surface area contributed by atoms with Gasteiger partial charge in [0.2, 0.25) is 5.91 Å². The number of hydrogen-bond acceptors (Lipinski definition) is 2. The molecule has 4 nitrogen and oxygen atoms in total. The molecule has 1 unspecified atom stereocenters. The fraction of sp³-hybridized carbons (Fsp3) is 0.333. The highest BCUT2D eigenvalue weighted by atomic mass is 16.2. The first-order valence-electron chi connectivity index (χ1n) is 5.12. The molecule has 0 saturated carbocycles. The number of carbonyl (C=O) groups excluding carboxylic acids is 1. The van der Waals surface area contributed by atoms with Crippen molar-refractivity contribution in [3.05, 3.63) is 35.9 Å². The van der Waals surface area contributed by atoms with Gasteiger partial charge in [-0.15, -0.1) is 0 Å². The molecule has 0 saturated heterocycles. The molecular weight excluding hydrogens is 202 g/mol. The first-order valence-corrected chi connectivity index (χ1v) is 5.12. The number of carbonyl (C=O) groups is 1. The van der Waals surface area contributed by atoms with Crippen molar-refractivity contribution in [2.24, 2.45) is 10.7 Å². The molecule has 0 spiro atoms. The van der Waals surface area contributed by atoms with Crippen LogP contribution in [0, 0.1) is 0 Å². The van der Waals surface area contributed by atoms with Crippen LogP contribution in [-0.4, -0.2) is 36.8 Å². The van der Waals surface area contributed by atoms with Gasteiger partial charge < -0.3 is 10.6 Å². The topological polar surface area (TPSA) is 58.7 Å². The lowest BCUT2D eigenvalue weighted by Crippen LogP contribution is -2.32. The molecule has 0 aliphatic carbocycles. The summed E-state index contributed by atoms with van der Waals surface area (Å²) in [5.74, 6) is 0.335. The summed E-state index contributed by atoms with van der Waals surface area (Å²) in [5, 5.41) is 0. The maximum atomic E-state index is 11.6. The average molecular weight is 219 g/mol. The second-order valence-corrected chi connectivity index (χ2v) is 3.79. The monoisotopic (exact) mass is 219 g/mol. The predicted molar refractivity (Wildman–Crippen MR) is 65.3 cm³/mol. The van der Waals surface area contributed by atoms with Crippen LogP contribution in [-0.2, 0) is 4.79 Å². The summed E-state index contributed by atoms with van der Waals surface area (Å²) in [4.78, 5) is 17.3. The molecule has 0 fully saturated rings. The Morgan fingerprint density at radius 1 is 1.31 bits per heavy atom. The van der Waals surface area contributed by atoms with Gasteiger partial charge in [-0.25, -0.2) is 0 Å². The van der Waals surface area contributed by atoms with E-state index in [1.807, 2.05) is 30.3 Å². The van der Waals surface area contributed by atoms with E-state index in [4.69, 9.17) is 5.73 Å². The molecule has 16 heavy (non-hydrogen) atoms. The number of likely N-dealkylation sites (N-methyl/N-ethyl adjacent to an activating group) is 1. The summed E-state index contributed by atoms with van der Waals surface area (Å²) in [6.45, 7) is 1.73. The summed E-state index contributed by atoms with van der Waals surface area (Å²) in [6.07, 6.45) is 0. The zero-order valence-corrected chi connectivity index (χ0v) is 9.84. The summed E-state index contributed by atoms with van der Waals surface area (Å²) < 4.78 is 0. The highest BCUT2D eigenvalue weighted by Crippen LogP contribution is 2.01. The predicted octanol–water partition coefficient (Wildman–Crippen LogP) is 0.869. The number of hydrogen-bond donors (Lipinski definition) is 1. The smallest absolute Gasteiger partial charge is 0.246 e. The number of amides is 1. The van der Waals surface area contributed by atoms with Crippen LogP contribution in [0.3, 0.4) is 0 Å². The number of aliphatic imine (C=N–C) groups is 1. The van der Waals surface area contributed by atoms with Crippen molar-refractivity contribution >= 4 is 11.7 Å². The molecule has 1 aromatic carbocycles. The second-order valence-electron chi connectivity index (χ2n) is 3.79. The second kappa shape index (κ2) is 5.30. The Morgan fingerprint density at radius 3 is 2.38 bits per heavy atom. The van der Waals surface area contributed by atoms with E-state index in [9.17, 15) is 4.79 Å². The van der Waals surface area contributed by atoms with Crippen LogP contribution in [0.1, 0.15) is 12.5 Å². The van der Waals surface area contributed by atoms with E-state index in [1.54, 1.807) is 21.0 Å². The van der Waals surface area contributed by atoms with Gasteiger partial charge in [-0.05, 0) is 6.92 Å². The van der Waals surface area contributed by atoms with Crippen molar-refractivity contribution < 1.29 is 4.79 Å². The quantitative estimate of drug-likeness (QED) is 0.605. The van der Waals surface area contributed by atoms with E-state index >= 15 is 0 Å². The number of rotatable bonds is 3. The maximum Gasteiger partial charge on any atom is 0.246 e. The fourth-order valence-corrected chi connectivity index (χ4v) is 1.32. The van der Waals surface area contributed by atoms with Crippen molar-refractivity contribution in [1.82, 2.24) is 4.90 Å².